The van der Waals surface area contributed by atoms with Crippen LogP contribution in [0.5, 0.6) is 0 Å². The van der Waals surface area contributed by atoms with Gasteiger partial charge in [-0.05, 0) is 0 Å². The topological polar surface area (TPSA) is 89.5 Å². The number of hydrogen-bond acceptors (Lipinski definition) is 5. The molecule has 0 aromatic rings. The Kier molecular flexibility index (Phi) is 2.67. The molecule has 1 saturated heterocycles. The monoisotopic (exact) mass is 209 g/mol. The van der Waals surface area contributed by atoms with E-state index in [4.69, 9.17) is 11.6 Å². The lowest BCUT2D eigenvalue weighted by atomic mass is 10.0. The van der Waals surface area contributed by atoms with Crippen LogP contribution in [0.1, 0.15) is 0 Å². The number of alkyl halides is 1. The molecule has 1 fully saturated rings. The van der Waals surface area contributed by atoms with E-state index in [1.165, 1.54) is 0 Å². The van der Waals surface area contributed by atoms with Crippen molar-refractivity contribution in [1.82, 2.24) is 4.90 Å². The standard InChI is InChI=1S/C5H8ClN3O4/c6-1-2-7-3-5(4-7,8(10)11)9(12)13/h1-4H2. The lowest BCUT2D eigenvalue weighted by molar-refractivity contribution is -0.810. The van der Waals surface area contributed by atoms with Crippen molar-refractivity contribution in [2.75, 3.05) is 25.5 Å². The second kappa shape index (κ2) is 3.43. The minimum atomic E-state index is -1.99. The third kappa shape index (κ3) is 1.56. The predicted molar refractivity (Wildman–Crippen MR) is 43.9 cm³/mol. The summed E-state index contributed by atoms with van der Waals surface area (Å²) in [6.07, 6.45) is 0. The van der Waals surface area contributed by atoms with Gasteiger partial charge < -0.3 is 0 Å². The molecule has 1 aliphatic rings. The van der Waals surface area contributed by atoms with E-state index in [9.17, 15) is 20.2 Å². The number of rotatable bonds is 4. The van der Waals surface area contributed by atoms with Crippen LogP contribution in [0.3, 0.4) is 0 Å². The molecule has 74 valence electrons. The molecule has 0 unspecified atom stereocenters. The van der Waals surface area contributed by atoms with Gasteiger partial charge in [0.25, 0.3) is 0 Å². The normalized spacial score (nSPS) is 20.7. The number of nitrogens with zero attached hydrogens (tertiary/aromatic N) is 3. The first-order valence-electron chi connectivity index (χ1n) is 3.60. The van der Waals surface area contributed by atoms with E-state index in [1.807, 2.05) is 0 Å². The molecule has 0 aromatic heterocycles. The summed E-state index contributed by atoms with van der Waals surface area (Å²) in [6, 6.07) is 0. The minimum absolute atomic E-state index is 0.153. The average Bonchev–Trinajstić information content (AvgIpc) is 1.93. The van der Waals surface area contributed by atoms with Gasteiger partial charge >= 0.3 is 5.66 Å². The Balaban J connectivity index is 2.59. The fraction of sp³-hybridized carbons (Fsp3) is 1.00. The summed E-state index contributed by atoms with van der Waals surface area (Å²) in [4.78, 5) is 20.7. The van der Waals surface area contributed by atoms with E-state index < -0.39 is 15.5 Å². The van der Waals surface area contributed by atoms with Crippen LogP contribution in [0, 0.1) is 20.2 Å². The van der Waals surface area contributed by atoms with Gasteiger partial charge in [-0.1, -0.05) is 0 Å². The van der Waals surface area contributed by atoms with Crippen molar-refractivity contribution in [2.24, 2.45) is 0 Å². The smallest absolute Gasteiger partial charge is 0.276 e. The van der Waals surface area contributed by atoms with E-state index in [0.717, 1.165) is 0 Å². The minimum Gasteiger partial charge on any atom is -0.276 e. The lowest BCUT2D eigenvalue weighted by Crippen LogP contribution is -2.70. The Morgan fingerprint density at radius 1 is 1.31 bits per heavy atom. The molecule has 0 radical (unpaired) electrons. The first-order valence-corrected chi connectivity index (χ1v) is 4.14. The van der Waals surface area contributed by atoms with Crippen molar-refractivity contribution in [1.29, 1.82) is 0 Å². The molecule has 0 aromatic carbocycles. The third-order valence-corrected chi connectivity index (χ3v) is 2.20. The largest absolute Gasteiger partial charge is 0.482 e. The van der Waals surface area contributed by atoms with Gasteiger partial charge in [0.2, 0.25) is 0 Å². The van der Waals surface area contributed by atoms with Crippen LogP contribution in [-0.4, -0.2) is 45.9 Å². The molecule has 0 amide bonds. The summed E-state index contributed by atoms with van der Waals surface area (Å²) < 4.78 is 0. The van der Waals surface area contributed by atoms with Gasteiger partial charge in [0.1, 0.15) is 22.9 Å². The van der Waals surface area contributed by atoms with Crippen LogP contribution in [0.15, 0.2) is 0 Å². The second-order valence-electron chi connectivity index (χ2n) is 2.90. The molecule has 0 atom stereocenters. The maximum atomic E-state index is 10.4. The number of nitro groups is 2. The van der Waals surface area contributed by atoms with Gasteiger partial charge in [0.05, 0.1) is 0 Å². The van der Waals surface area contributed by atoms with Gasteiger partial charge in [-0.3, -0.25) is 25.1 Å². The van der Waals surface area contributed by atoms with Crippen LogP contribution < -0.4 is 0 Å². The first kappa shape index (κ1) is 10.1. The Morgan fingerprint density at radius 3 is 2.08 bits per heavy atom. The highest BCUT2D eigenvalue weighted by Gasteiger charge is 2.65. The summed E-state index contributed by atoms with van der Waals surface area (Å²) in [6.45, 7) is 0.143. The molecule has 13 heavy (non-hydrogen) atoms. The summed E-state index contributed by atoms with van der Waals surface area (Å²) in [5.41, 5.74) is -1.99. The molecular weight excluding hydrogens is 202 g/mol. The quantitative estimate of drug-likeness (QED) is 0.277. The average molecular weight is 210 g/mol. The third-order valence-electron chi connectivity index (χ3n) is 2.03. The molecule has 0 N–H and O–H groups in total. The molecule has 0 spiro atoms. The summed E-state index contributed by atoms with van der Waals surface area (Å²) >= 11 is 5.38. The van der Waals surface area contributed by atoms with Crippen molar-refractivity contribution < 1.29 is 9.85 Å². The van der Waals surface area contributed by atoms with Crippen molar-refractivity contribution >= 4 is 11.6 Å². The number of halogens is 1. The Bertz CT molecular complexity index is 224. The number of hydrogen-bond donors (Lipinski definition) is 0. The van der Waals surface area contributed by atoms with Crippen molar-refractivity contribution in [3.8, 4) is 0 Å². The molecule has 8 heteroatoms. The molecule has 0 aliphatic carbocycles. The van der Waals surface area contributed by atoms with Gasteiger partial charge in [-0.25, -0.2) is 0 Å². The molecule has 1 rings (SSSR count). The maximum Gasteiger partial charge on any atom is 0.482 e. The highest BCUT2D eigenvalue weighted by atomic mass is 35.5. The van der Waals surface area contributed by atoms with E-state index in [-0.39, 0.29) is 13.1 Å². The maximum absolute atomic E-state index is 10.4. The van der Waals surface area contributed by atoms with Crippen molar-refractivity contribution in [3.05, 3.63) is 20.2 Å². The van der Waals surface area contributed by atoms with Gasteiger partial charge in [-0.15, -0.1) is 11.6 Å². The van der Waals surface area contributed by atoms with Gasteiger partial charge in [-0.2, -0.15) is 0 Å². The molecule has 1 aliphatic heterocycles. The van der Waals surface area contributed by atoms with Crippen LogP contribution in [0.4, 0.5) is 0 Å². The summed E-state index contributed by atoms with van der Waals surface area (Å²) in [5.74, 6) is 0.325. The Hall–Kier alpha value is -0.950. The molecule has 0 bridgehead atoms. The summed E-state index contributed by atoms with van der Waals surface area (Å²) in [7, 11) is 0. The fourth-order valence-electron chi connectivity index (χ4n) is 1.25. The van der Waals surface area contributed by atoms with Crippen LogP contribution in [-0.2, 0) is 0 Å². The van der Waals surface area contributed by atoms with E-state index in [1.54, 1.807) is 4.90 Å². The zero-order valence-corrected chi connectivity index (χ0v) is 7.44. The van der Waals surface area contributed by atoms with E-state index in [2.05, 4.69) is 0 Å². The highest BCUT2D eigenvalue weighted by Crippen LogP contribution is 2.24. The Labute approximate surface area is 78.6 Å². The van der Waals surface area contributed by atoms with E-state index in [0.29, 0.717) is 12.4 Å². The zero-order chi connectivity index (χ0) is 10.1. The van der Waals surface area contributed by atoms with E-state index >= 15 is 0 Å². The molecule has 0 saturated carbocycles. The second-order valence-corrected chi connectivity index (χ2v) is 3.27. The number of likely N-dealkylation sites (tertiary alicyclic amines) is 1. The van der Waals surface area contributed by atoms with Crippen molar-refractivity contribution in [2.45, 2.75) is 5.66 Å². The van der Waals surface area contributed by atoms with Gasteiger partial charge in [0, 0.05) is 12.4 Å². The first-order chi connectivity index (χ1) is 6.03. The molecular formula is C5H8ClN3O4. The summed E-state index contributed by atoms with van der Waals surface area (Å²) in [5, 5.41) is 20.8. The molecule has 7 nitrogen and oxygen atoms in total. The zero-order valence-electron chi connectivity index (χ0n) is 6.68. The molecule has 1 heterocycles. The van der Waals surface area contributed by atoms with Crippen LogP contribution in [0.25, 0.3) is 0 Å². The lowest BCUT2D eigenvalue weighted by Gasteiger charge is -2.35. The predicted octanol–water partition coefficient (Wildman–Crippen LogP) is -0.210. The van der Waals surface area contributed by atoms with Crippen LogP contribution in [0.2, 0.25) is 0 Å². The Morgan fingerprint density at radius 2 is 1.77 bits per heavy atom. The van der Waals surface area contributed by atoms with Gasteiger partial charge in [0.15, 0.2) is 0 Å². The van der Waals surface area contributed by atoms with Crippen molar-refractivity contribution in [3.63, 3.8) is 0 Å². The fourth-order valence-corrected chi connectivity index (χ4v) is 1.48. The SMILES string of the molecule is O=[N+]([O-])C1([N+](=O)[O-])CN(CCCl)C1. The highest BCUT2D eigenvalue weighted by molar-refractivity contribution is 6.18. The van der Waals surface area contributed by atoms with Crippen LogP contribution >= 0.6 is 11.6 Å².